The monoisotopic (exact) mass is 114 g/mol. The zero-order valence-corrected chi connectivity index (χ0v) is 3.70. The number of hydrogen-bond acceptors (Lipinski definition) is 1. The van der Waals surface area contributed by atoms with Crippen molar-refractivity contribution in [1.29, 1.82) is 0 Å². The molecular weight excluding hydrogens is 109 g/mol. The molecule has 1 nitrogen and oxygen atoms in total. The molecule has 1 unspecified atom stereocenters. The van der Waals surface area contributed by atoms with Crippen molar-refractivity contribution >= 4 is 0 Å². The van der Waals surface area contributed by atoms with Crippen LogP contribution in [0.1, 0.15) is 0 Å². The molecular formula is C3H5F3O. The third kappa shape index (κ3) is 2.45. The third-order valence-electron chi connectivity index (χ3n) is 0.423. The Kier molecular flexibility index (Phi) is 2.75. The fourth-order valence-electron chi connectivity index (χ4n) is 0.103. The third-order valence-corrected chi connectivity index (χ3v) is 0.423. The molecule has 0 amide bonds. The Labute approximate surface area is 39.1 Å². The van der Waals surface area contributed by atoms with Crippen molar-refractivity contribution in [3.8, 4) is 0 Å². The predicted molar refractivity (Wildman–Crippen MR) is 17.9 cm³/mol. The highest BCUT2D eigenvalue weighted by Gasteiger charge is 2.16. The maximum Gasteiger partial charge on any atom is 0.293 e. The van der Waals surface area contributed by atoms with E-state index in [0.717, 1.165) is 7.11 Å². The highest BCUT2D eigenvalue weighted by atomic mass is 19.3. The van der Waals surface area contributed by atoms with E-state index in [1.807, 2.05) is 0 Å². The summed E-state index contributed by atoms with van der Waals surface area (Å²) in [5.74, 6) is 0. The Morgan fingerprint density at radius 1 is 1.29 bits per heavy atom. The molecule has 0 heterocycles. The largest absolute Gasteiger partial charge is 0.347 e. The van der Waals surface area contributed by atoms with E-state index in [4.69, 9.17) is 0 Å². The highest BCUT2D eigenvalue weighted by molar-refractivity contribution is 4.38. The summed E-state index contributed by atoms with van der Waals surface area (Å²) in [6.07, 6.45) is -5.45. The number of ether oxygens (including phenoxy) is 1. The molecule has 0 aromatic carbocycles. The first-order chi connectivity index (χ1) is 3.18. The number of methoxy groups -OCH3 is 1. The van der Waals surface area contributed by atoms with Gasteiger partial charge in [-0.1, -0.05) is 0 Å². The molecule has 1 atom stereocenters. The van der Waals surface area contributed by atoms with Gasteiger partial charge >= 0.3 is 0 Å². The van der Waals surface area contributed by atoms with E-state index in [0.29, 0.717) is 0 Å². The molecule has 0 aromatic heterocycles. The fraction of sp³-hybridized carbons (Fsp3) is 1.00. The summed E-state index contributed by atoms with van der Waals surface area (Å²) in [4.78, 5) is 0. The molecule has 0 saturated carbocycles. The Morgan fingerprint density at radius 2 is 1.71 bits per heavy atom. The summed E-state index contributed by atoms with van der Waals surface area (Å²) in [5, 5.41) is 0. The molecule has 0 aliphatic heterocycles. The van der Waals surface area contributed by atoms with Gasteiger partial charge in [-0.2, -0.15) is 0 Å². The molecule has 0 aliphatic rings. The molecule has 0 fully saturated rings. The van der Waals surface area contributed by atoms with E-state index in [-0.39, 0.29) is 0 Å². The molecule has 0 spiro atoms. The van der Waals surface area contributed by atoms with Crippen LogP contribution >= 0.6 is 0 Å². The van der Waals surface area contributed by atoms with Crippen molar-refractivity contribution in [2.45, 2.75) is 12.8 Å². The molecule has 0 aromatic rings. The first kappa shape index (κ1) is 6.75. The van der Waals surface area contributed by atoms with Gasteiger partial charge in [0, 0.05) is 7.11 Å². The number of alkyl halides is 3. The predicted octanol–water partition coefficient (Wildman–Crippen LogP) is 1.19. The smallest absolute Gasteiger partial charge is 0.293 e. The molecule has 0 radical (unpaired) electrons. The average Bonchev–Trinajstić information content (AvgIpc) is 1.65. The van der Waals surface area contributed by atoms with Gasteiger partial charge in [-0.25, -0.2) is 13.2 Å². The van der Waals surface area contributed by atoms with E-state index in [2.05, 4.69) is 4.74 Å². The molecule has 0 bridgehead atoms. The van der Waals surface area contributed by atoms with Crippen LogP contribution in [0.2, 0.25) is 0 Å². The van der Waals surface area contributed by atoms with E-state index >= 15 is 0 Å². The van der Waals surface area contributed by atoms with Crippen LogP contribution in [0.3, 0.4) is 0 Å². The minimum atomic E-state index is -3.02. The second kappa shape index (κ2) is 2.85. The lowest BCUT2D eigenvalue weighted by molar-refractivity contribution is -0.108. The maximum atomic E-state index is 11.3. The molecule has 0 aliphatic carbocycles. The van der Waals surface area contributed by atoms with Crippen molar-refractivity contribution in [3.63, 3.8) is 0 Å². The summed E-state index contributed by atoms with van der Waals surface area (Å²) in [6, 6.07) is 0. The maximum absolute atomic E-state index is 11.3. The van der Waals surface area contributed by atoms with Crippen LogP contribution in [-0.2, 0) is 4.74 Å². The molecule has 44 valence electrons. The van der Waals surface area contributed by atoms with Gasteiger partial charge in [-0.15, -0.1) is 0 Å². The average molecular weight is 114 g/mol. The van der Waals surface area contributed by atoms with E-state index in [9.17, 15) is 13.2 Å². The van der Waals surface area contributed by atoms with Gasteiger partial charge in [-0.05, 0) is 0 Å². The van der Waals surface area contributed by atoms with Crippen molar-refractivity contribution < 1.29 is 17.9 Å². The Balaban J connectivity index is 3.14. The lowest BCUT2D eigenvalue weighted by atomic mass is 10.7. The van der Waals surface area contributed by atoms with Crippen LogP contribution in [0, 0.1) is 0 Å². The van der Waals surface area contributed by atoms with Gasteiger partial charge < -0.3 is 4.74 Å². The first-order valence-electron chi connectivity index (χ1n) is 1.63. The van der Waals surface area contributed by atoms with Crippen molar-refractivity contribution in [3.05, 3.63) is 0 Å². The number of halogens is 3. The van der Waals surface area contributed by atoms with Gasteiger partial charge in [0.15, 0.2) is 0 Å². The Hall–Kier alpha value is -0.250. The normalized spacial score (nSPS) is 15.0. The summed E-state index contributed by atoms with van der Waals surface area (Å²) in [7, 11) is 0.886. The van der Waals surface area contributed by atoms with E-state index < -0.39 is 12.8 Å². The summed E-state index contributed by atoms with van der Waals surface area (Å²) in [5.41, 5.74) is 0. The van der Waals surface area contributed by atoms with Crippen LogP contribution in [-0.4, -0.2) is 19.9 Å². The lowest BCUT2D eigenvalue weighted by Crippen LogP contribution is -2.13. The fourth-order valence-corrected chi connectivity index (χ4v) is 0.103. The lowest BCUT2D eigenvalue weighted by Gasteiger charge is -2.00. The highest BCUT2D eigenvalue weighted by Crippen LogP contribution is 2.03. The van der Waals surface area contributed by atoms with Crippen LogP contribution in [0.15, 0.2) is 0 Å². The van der Waals surface area contributed by atoms with Crippen LogP contribution < -0.4 is 0 Å². The van der Waals surface area contributed by atoms with Gasteiger partial charge in [0.25, 0.3) is 12.8 Å². The van der Waals surface area contributed by atoms with Crippen LogP contribution in [0.4, 0.5) is 13.2 Å². The van der Waals surface area contributed by atoms with Crippen molar-refractivity contribution in [2.75, 3.05) is 7.11 Å². The van der Waals surface area contributed by atoms with E-state index in [1.165, 1.54) is 0 Å². The zero-order valence-electron chi connectivity index (χ0n) is 3.70. The van der Waals surface area contributed by atoms with Gasteiger partial charge in [0.05, 0.1) is 0 Å². The molecule has 4 heteroatoms. The molecule has 0 saturated heterocycles. The van der Waals surface area contributed by atoms with E-state index in [1.54, 1.807) is 0 Å². The van der Waals surface area contributed by atoms with Crippen molar-refractivity contribution in [1.82, 2.24) is 0 Å². The zero-order chi connectivity index (χ0) is 5.86. The topological polar surface area (TPSA) is 9.23 Å². The molecule has 0 N–H and O–H groups in total. The van der Waals surface area contributed by atoms with Gasteiger partial charge in [0.2, 0.25) is 0 Å². The Bertz CT molecular complexity index is 47.4. The number of hydrogen-bond donors (Lipinski definition) is 0. The summed E-state index contributed by atoms with van der Waals surface area (Å²) >= 11 is 0. The van der Waals surface area contributed by atoms with Gasteiger partial charge in [0.1, 0.15) is 0 Å². The van der Waals surface area contributed by atoms with Crippen LogP contribution in [0.5, 0.6) is 0 Å². The van der Waals surface area contributed by atoms with Gasteiger partial charge in [-0.3, -0.25) is 0 Å². The second-order valence-electron chi connectivity index (χ2n) is 0.921. The number of rotatable bonds is 2. The summed E-state index contributed by atoms with van der Waals surface area (Å²) in [6.45, 7) is 0. The first-order valence-corrected chi connectivity index (χ1v) is 1.63. The van der Waals surface area contributed by atoms with Crippen molar-refractivity contribution in [2.24, 2.45) is 0 Å². The minimum absolute atomic E-state index is 0.886. The van der Waals surface area contributed by atoms with Crippen LogP contribution in [0.25, 0.3) is 0 Å². The quantitative estimate of drug-likeness (QED) is 0.524. The Morgan fingerprint density at radius 3 is 1.71 bits per heavy atom. The standard InChI is InChI=1S/C3H5F3O/c1-7-3(6)2(4)5/h2-3H,1H3. The second-order valence-corrected chi connectivity index (χ2v) is 0.921. The minimum Gasteiger partial charge on any atom is -0.347 e. The molecule has 0 rings (SSSR count). The summed E-state index contributed by atoms with van der Waals surface area (Å²) < 4.78 is 36.7. The molecule has 7 heavy (non-hydrogen) atoms. The SMILES string of the molecule is COC(F)C(F)F.